The van der Waals surface area contributed by atoms with Gasteiger partial charge in [0.1, 0.15) is 10.7 Å². The van der Waals surface area contributed by atoms with Crippen LogP contribution in [0.3, 0.4) is 0 Å². The highest BCUT2D eigenvalue weighted by molar-refractivity contribution is 7.89. The zero-order chi connectivity index (χ0) is 15.9. The van der Waals surface area contributed by atoms with E-state index in [1.807, 2.05) is 0 Å². The van der Waals surface area contributed by atoms with Crippen LogP contribution in [0.15, 0.2) is 35.5 Å². The summed E-state index contributed by atoms with van der Waals surface area (Å²) in [6, 6.07) is 4.23. The maximum atomic E-state index is 14.0. The van der Waals surface area contributed by atoms with E-state index >= 15 is 0 Å². The Hall–Kier alpha value is -1.44. The van der Waals surface area contributed by atoms with Crippen LogP contribution >= 0.6 is 11.6 Å². The number of aryl methyl sites for hydroxylation is 1. The molecule has 8 heteroatoms. The van der Waals surface area contributed by atoms with E-state index < -0.39 is 15.8 Å². The maximum Gasteiger partial charge on any atom is 0.246 e. The Morgan fingerprint density at radius 2 is 2.18 bits per heavy atom. The fourth-order valence-electron chi connectivity index (χ4n) is 2.28. The quantitative estimate of drug-likeness (QED) is 0.838. The van der Waals surface area contributed by atoms with Crippen molar-refractivity contribution in [1.29, 1.82) is 0 Å². The van der Waals surface area contributed by atoms with E-state index in [4.69, 9.17) is 11.6 Å². The van der Waals surface area contributed by atoms with Crippen LogP contribution < -0.4 is 0 Å². The van der Waals surface area contributed by atoms with Crippen molar-refractivity contribution in [3.05, 3.63) is 47.0 Å². The largest absolute Gasteiger partial charge is 0.274 e. The Morgan fingerprint density at radius 1 is 1.45 bits per heavy atom. The molecule has 0 amide bonds. The summed E-state index contributed by atoms with van der Waals surface area (Å²) in [4.78, 5) is 0.106. The van der Waals surface area contributed by atoms with Gasteiger partial charge in [-0.25, -0.2) is 12.8 Å². The highest BCUT2D eigenvalue weighted by Gasteiger charge is 2.39. The molecule has 118 valence electrons. The molecule has 2 aromatic rings. The smallest absolute Gasteiger partial charge is 0.246 e. The van der Waals surface area contributed by atoms with Crippen LogP contribution in [0.25, 0.3) is 0 Å². The molecular weight excluding hydrogens is 329 g/mol. The summed E-state index contributed by atoms with van der Waals surface area (Å²) in [5.74, 6) is -0.500. The molecule has 5 nitrogen and oxygen atoms in total. The molecule has 0 saturated heterocycles. The van der Waals surface area contributed by atoms with Gasteiger partial charge in [-0.2, -0.15) is 9.40 Å². The molecule has 0 atom stereocenters. The lowest BCUT2D eigenvalue weighted by Crippen LogP contribution is -2.33. The average molecular weight is 344 g/mol. The minimum absolute atomic E-state index is 0.0760. The lowest BCUT2D eigenvalue weighted by atomic mass is 10.2. The zero-order valence-corrected chi connectivity index (χ0v) is 13.5. The van der Waals surface area contributed by atoms with Crippen LogP contribution in [0.1, 0.15) is 18.4 Å². The number of hydrogen-bond donors (Lipinski definition) is 0. The van der Waals surface area contributed by atoms with Gasteiger partial charge in [-0.1, -0.05) is 17.7 Å². The third-order valence-electron chi connectivity index (χ3n) is 3.62. The third kappa shape index (κ3) is 2.88. The number of benzene rings is 1. The van der Waals surface area contributed by atoms with Crippen molar-refractivity contribution in [2.24, 2.45) is 7.05 Å². The van der Waals surface area contributed by atoms with Crippen LogP contribution in [0, 0.1) is 5.82 Å². The monoisotopic (exact) mass is 343 g/mol. The van der Waals surface area contributed by atoms with E-state index in [1.165, 1.54) is 33.5 Å². The molecule has 1 heterocycles. The molecule has 0 aliphatic heterocycles. The summed E-state index contributed by atoms with van der Waals surface area (Å²) >= 11 is 6.02. The summed E-state index contributed by atoms with van der Waals surface area (Å²) in [5, 5.41) is 4.13. The first kappa shape index (κ1) is 15.5. The predicted octanol–water partition coefficient (Wildman–Crippen LogP) is 2.57. The summed E-state index contributed by atoms with van der Waals surface area (Å²) in [6.07, 6.45) is 4.28. The van der Waals surface area contributed by atoms with Gasteiger partial charge in [0, 0.05) is 36.4 Å². The van der Waals surface area contributed by atoms with Gasteiger partial charge in [0.2, 0.25) is 10.0 Å². The molecule has 1 fully saturated rings. The maximum absolute atomic E-state index is 14.0. The van der Waals surface area contributed by atoms with E-state index in [0.29, 0.717) is 0 Å². The Morgan fingerprint density at radius 3 is 2.73 bits per heavy atom. The molecule has 1 aliphatic carbocycles. The summed E-state index contributed by atoms with van der Waals surface area (Å²) < 4.78 is 42.2. The lowest BCUT2D eigenvalue weighted by molar-refractivity contribution is 0.391. The number of halogens is 2. The Balaban J connectivity index is 1.97. The van der Waals surface area contributed by atoms with Gasteiger partial charge in [0.25, 0.3) is 0 Å². The van der Waals surface area contributed by atoms with Crippen molar-refractivity contribution in [2.45, 2.75) is 30.3 Å². The van der Waals surface area contributed by atoms with E-state index in [-0.39, 0.29) is 28.1 Å². The summed E-state index contributed by atoms with van der Waals surface area (Å²) in [5.41, 5.74) is 0.198. The van der Waals surface area contributed by atoms with Crippen molar-refractivity contribution in [3.63, 3.8) is 0 Å². The predicted molar refractivity (Wildman–Crippen MR) is 80.4 cm³/mol. The second-order valence-corrected chi connectivity index (χ2v) is 7.63. The van der Waals surface area contributed by atoms with Crippen LogP contribution in [-0.2, 0) is 23.6 Å². The SMILES string of the molecule is Cn1cc(S(=O)(=O)N(Cc2c(F)cccc2Cl)C2CC2)cn1. The summed E-state index contributed by atoms with van der Waals surface area (Å²) in [7, 11) is -2.08. The standard InChI is InChI=1S/C14H15ClFN3O2S/c1-18-8-11(7-17-18)22(20,21)19(10-5-6-10)9-12-13(15)3-2-4-14(12)16/h2-4,7-8,10H,5-6,9H2,1H3. The van der Waals surface area contributed by atoms with Crippen molar-refractivity contribution in [3.8, 4) is 0 Å². The van der Waals surface area contributed by atoms with Crippen molar-refractivity contribution < 1.29 is 12.8 Å². The second kappa shape index (κ2) is 5.64. The Kier molecular flexibility index (Phi) is 3.96. The van der Waals surface area contributed by atoms with Gasteiger partial charge in [0.05, 0.1) is 6.20 Å². The number of hydrogen-bond acceptors (Lipinski definition) is 3. The topological polar surface area (TPSA) is 55.2 Å². The molecule has 0 N–H and O–H groups in total. The van der Waals surface area contributed by atoms with E-state index in [9.17, 15) is 12.8 Å². The molecule has 1 saturated carbocycles. The molecule has 1 aliphatic rings. The fourth-order valence-corrected chi connectivity index (χ4v) is 4.14. The van der Waals surface area contributed by atoms with Gasteiger partial charge < -0.3 is 0 Å². The normalized spacial score (nSPS) is 15.5. The molecule has 1 aromatic carbocycles. The first-order valence-corrected chi connectivity index (χ1v) is 8.65. The summed E-state index contributed by atoms with van der Waals surface area (Å²) in [6.45, 7) is -0.0760. The van der Waals surface area contributed by atoms with Crippen LogP contribution in [-0.4, -0.2) is 28.5 Å². The van der Waals surface area contributed by atoms with Gasteiger partial charge in [-0.05, 0) is 25.0 Å². The lowest BCUT2D eigenvalue weighted by Gasteiger charge is -2.22. The highest BCUT2D eigenvalue weighted by atomic mass is 35.5. The van der Waals surface area contributed by atoms with Gasteiger partial charge >= 0.3 is 0 Å². The Bertz CT molecular complexity index is 782. The molecule has 3 rings (SSSR count). The van der Waals surface area contributed by atoms with E-state index in [1.54, 1.807) is 13.1 Å². The molecule has 22 heavy (non-hydrogen) atoms. The van der Waals surface area contributed by atoms with Gasteiger partial charge in [-0.3, -0.25) is 4.68 Å². The van der Waals surface area contributed by atoms with Crippen molar-refractivity contribution in [1.82, 2.24) is 14.1 Å². The number of aromatic nitrogens is 2. The first-order valence-electron chi connectivity index (χ1n) is 6.83. The van der Waals surface area contributed by atoms with E-state index in [2.05, 4.69) is 5.10 Å². The minimum Gasteiger partial charge on any atom is -0.274 e. The molecule has 0 bridgehead atoms. The third-order valence-corrected chi connectivity index (χ3v) is 5.82. The van der Waals surface area contributed by atoms with Crippen molar-refractivity contribution in [2.75, 3.05) is 0 Å². The molecular formula is C14H15ClFN3O2S. The van der Waals surface area contributed by atoms with Gasteiger partial charge in [-0.15, -0.1) is 0 Å². The number of nitrogens with zero attached hydrogens (tertiary/aromatic N) is 3. The minimum atomic E-state index is -3.72. The molecule has 1 aromatic heterocycles. The second-order valence-electron chi connectivity index (χ2n) is 5.33. The molecule has 0 spiro atoms. The highest BCUT2D eigenvalue weighted by Crippen LogP contribution is 2.35. The fraction of sp³-hybridized carbons (Fsp3) is 0.357. The zero-order valence-electron chi connectivity index (χ0n) is 11.9. The van der Waals surface area contributed by atoms with Crippen molar-refractivity contribution >= 4 is 21.6 Å². The average Bonchev–Trinajstić information content (AvgIpc) is 3.18. The Labute approximate surface area is 133 Å². The van der Waals surface area contributed by atoms with Crippen LogP contribution in [0.2, 0.25) is 5.02 Å². The number of sulfonamides is 1. The molecule has 0 radical (unpaired) electrons. The molecule has 0 unspecified atom stereocenters. The van der Waals surface area contributed by atoms with Gasteiger partial charge in [0.15, 0.2) is 0 Å². The number of rotatable bonds is 5. The van der Waals surface area contributed by atoms with E-state index in [0.717, 1.165) is 12.8 Å². The first-order chi connectivity index (χ1) is 10.4. The van der Waals surface area contributed by atoms with Crippen LogP contribution in [0.4, 0.5) is 4.39 Å². The van der Waals surface area contributed by atoms with Crippen LogP contribution in [0.5, 0.6) is 0 Å².